The number of carbonyl (C=O) groups is 2. The van der Waals surface area contributed by atoms with Crippen molar-refractivity contribution >= 4 is 17.5 Å². The van der Waals surface area contributed by atoms with Crippen LogP contribution in [0.1, 0.15) is 37.3 Å². The van der Waals surface area contributed by atoms with E-state index in [0.717, 1.165) is 23.1 Å². The highest BCUT2D eigenvalue weighted by Crippen LogP contribution is 2.36. The molecule has 2 rings (SSSR count). The molecular formula is C22H24O6. The van der Waals surface area contributed by atoms with Crippen molar-refractivity contribution in [1.82, 2.24) is 0 Å². The van der Waals surface area contributed by atoms with Crippen LogP contribution in [0.5, 0.6) is 11.5 Å². The average Bonchev–Trinajstić information content (AvgIpc) is 2.70. The lowest BCUT2D eigenvalue weighted by Gasteiger charge is -2.20. The molecule has 2 N–H and O–H groups in total. The maximum Gasteiger partial charge on any atom is 0.341 e. The Balaban J connectivity index is 2.16. The van der Waals surface area contributed by atoms with E-state index in [-0.39, 0.29) is 19.1 Å². The Morgan fingerprint density at radius 3 is 1.75 bits per heavy atom. The van der Waals surface area contributed by atoms with E-state index in [1.165, 1.54) is 0 Å². The molecule has 0 amide bonds. The number of allylic oxidation sites excluding steroid dienone is 2. The van der Waals surface area contributed by atoms with Gasteiger partial charge in [0.25, 0.3) is 0 Å². The number of aliphatic carboxylic acids is 2. The van der Waals surface area contributed by atoms with E-state index in [0.29, 0.717) is 11.5 Å². The molecule has 1 unspecified atom stereocenters. The van der Waals surface area contributed by atoms with Crippen LogP contribution in [0, 0.1) is 0 Å². The maximum atomic E-state index is 10.6. The van der Waals surface area contributed by atoms with Gasteiger partial charge in [0, 0.05) is 5.92 Å². The number of hydrogen-bond donors (Lipinski definition) is 2. The zero-order valence-corrected chi connectivity index (χ0v) is 15.9. The Bertz CT molecular complexity index is 821. The number of carboxylic acids is 2. The van der Waals surface area contributed by atoms with Gasteiger partial charge in [0.2, 0.25) is 0 Å². The van der Waals surface area contributed by atoms with Gasteiger partial charge in [-0.15, -0.1) is 0 Å². The van der Waals surface area contributed by atoms with Crippen molar-refractivity contribution in [3.05, 3.63) is 65.7 Å². The van der Waals surface area contributed by atoms with Crippen LogP contribution in [-0.4, -0.2) is 35.4 Å². The lowest BCUT2D eigenvalue weighted by atomic mass is 9.84. The molecule has 0 heterocycles. The molecule has 2 aromatic carbocycles. The summed E-state index contributed by atoms with van der Waals surface area (Å²) in [6, 6.07) is 14.8. The molecule has 6 heteroatoms. The summed E-state index contributed by atoms with van der Waals surface area (Å²) in [5.74, 6) is -0.843. The standard InChI is InChI=1S/C22H24O6/c1-3-19(15-5-9-17(10-6-15)27-13-21(23)24)20(4-2)16-7-11-18(12-8-16)28-14-22(25)26/h3,5-12,20H,4,13-14H2,1-2H3,(H,23,24)(H,25,26). The predicted molar refractivity (Wildman–Crippen MR) is 106 cm³/mol. The highest BCUT2D eigenvalue weighted by molar-refractivity contribution is 5.72. The summed E-state index contributed by atoms with van der Waals surface area (Å²) < 4.78 is 10.4. The molecule has 148 valence electrons. The van der Waals surface area contributed by atoms with Crippen molar-refractivity contribution < 1.29 is 29.3 Å². The van der Waals surface area contributed by atoms with Gasteiger partial charge in [0.05, 0.1) is 0 Å². The van der Waals surface area contributed by atoms with Crippen LogP contribution in [0.4, 0.5) is 0 Å². The average molecular weight is 384 g/mol. The largest absolute Gasteiger partial charge is 0.482 e. The summed E-state index contributed by atoms with van der Waals surface area (Å²) in [6.07, 6.45) is 2.95. The second kappa shape index (κ2) is 10.2. The number of carboxylic acid groups (broad SMARTS) is 2. The SMILES string of the molecule is CC=C(c1ccc(OCC(=O)O)cc1)C(CC)c1ccc(OCC(=O)O)cc1. The number of rotatable bonds is 10. The molecule has 6 nitrogen and oxygen atoms in total. The second-order valence-corrected chi connectivity index (χ2v) is 6.16. The molecule has 0 saturated carbocycles. The van der Waals surface area contributed by atoms with Crippen molar-refractivity contribution in [2.45, 2.75) is 26.2 Å². The van der Waals surface area contributed by atoms with E-state index in [1.54, 1.807) is 24.3 Å². The fraction of sp³-hybridized carbons (Fsp3) is 0.273. The first-order valence-electron chi connectivity index (χ1n) is 9.00. The first kappa shape index (κ1) is 21.0. The fourth-order valence-electron chi connectivity index (χ4n) is 3.03. The Morgan fingerprint density at radius 1 is 0.893 bits per heavy atom. The Hall–Kier alpha value is -3.28. The van der Waals surface area contributed by atoms with Gasteiger partial charge < -0.3 is 19.7 Å². The van der Waals surface area contributed by atoms with Gasteiger partial charge in [-0.1, -0.05) is 37.3 Å². The molecule has 0 aliphatic rings. The van der Waals surface area contributed by atoms with Crippen LogP contribution in [-0.2, 0) is 9.59 Å². The third kappa shape index (κ3) is 5.87. The minimum absolute atomic E-state index is 0.157. The molecule has 0 aliphatic heterocycles. The number of benzene rings is 2. The fourth-order valence-corrected chi connectivity index (χ4v) is 3.03. The van der Waals surface area contributed by atoms with Gasteiger partial charge >= 0.3 is 11.9 Å². The Labute approximate surface area is 164 Å². The van der Waals surface area contributed by atoms with Gasteiger partial charge in [-0.25, -0.2) is 9.59 Å². The van der Waals surface area contributed by atoms with Crippen LogP contribution in [0.3, 0.4) is 0 Å². The summed E-state index contributed by atoms with van der Waals surface area (Å²) in [5.41, 5.74) is 3.28. The van der Waals surface area contributed by atoms with Gasteiger partial charge in [0.15, 0.2) is 13.2 Å². The van der Waals surface area contributed by atoms with Crippen LogP contribution in [0.25, 0.3) is 5.57 Å². The molecule has 0 aliphatic carbocycles. The summed E-state index contributed by atoms with van der Waals surface area (Å²) >= 11 is 0. The van der Waals surface area contributed by atoms with Gasteiger partial charge in [-0.3, -0.25) is 0 Å². The molecule has 0 radical (unpaired) electrons. The summed E-state index contributed by atoms with van der Waals surface area (Å²) in [7, 11) is 0. The van der Waals surface area contributed by atoms with Gasteiger partial charge in [0.1, 0.15) is 11.5 Å². The van der Waals surface area contributed by atoms with Gasteiger partial charge in [-0.2, -0.15) is 0 Å². The third-order valence-corrected chi connectivity index (χ3v) is 4.29. The lowest BCUT2D eigenvalue weighted by Crippen LogP contribution is -2.09. The molecule has 0 aromatic heterocycles. The normalized spacial score (nSPS) is 12.3. The van der Waals surface area contributed by atoms with Crippen molar-refractivity contribution in [2.24, 2.45) is 0 Å². The van der Waals surface area contributed by atoms with Crippen LogP contribution < -0.4 is 9.47 Å². The highest BCUT2D eigenvalue weighted by Gasteiger charge is 2.16. The van der Waals surface area contributed by atoms with Crippen molar-refractivity contribution in [2.75, 3.05) is 13.2 Å². The van der Waals surface area contributed by atoms with E-state index in [2.05, 4.69) is 13.0 Å². The highest BCUT2D eigenvalue weighted by atomic mass is 16.5. The third-order valence-electron chi connectivity index (χ3n) is 4.29. The lowest BCUT2D eigenvalue weighted by molar-refractivity contribution is -0.140. The Morgan fingerprint density at radius 2 is 1.36 bits per heavy atom. The van der Waals surface area contributed by atoms with Crippen molar-refractivity contribution in [3.8, 4) is 11.5 Å². The minimum Gasteiger partial charge on any atom is -0.482 e. The predicted octanol–water partition coefficient (Wildman–Crippen LogP) is 4.21. The van der Waals surface area contributed by atoms with E-state index >= 15 is 0 Å². The molecule has 2 aromatic rings. The van der Waals surface area contributed by atoms with E-state index in [1.807, 2.05) is 31.2 Å². The summed E-state index contributed by atoms with van der Waals surface area (Å²) in [6.45, 7) is 3.35. The van der Waals surface area contributed by atoms with E-state index in [9.17, 15) is 9.59 Å². The van der Waals surface area contributed by atoms with E-state index in [4.69, 9.17) is 19.7 Å². The van der Waals surface area contributed by atoms with Crippen LogP contribution in [0.15, 0.2) is 54.6 Å². The number of hydrogen-bond acceptors (Lipinski definition) is 4. The first-order chi connectivity index (χ1) is 13.4. The molecule has 28 heavy (non-hydrogen) atoms. The molecule has 0 saturated heterocycles. The quantitative estimate of drug-likeness (QED) is 0.637. The number of ether oxygens (including phenoxy) is 2. The van der Waals surface area contributed by atoms with Crippen LogP contribution in [0.2, 0.25) is 0 Å². The van der Waals surface area contributed by atoms with Crippen molar-refractivity contribution in [3.63, 3.8) is 0 Å². The maximum absolute atomic E-state index is 10.6. The summed E-state index contributed by atoms with van der Waals surface area (Å²) in [5, 5.41) is 17.4. The zero-order chi connectivity index (χ0) is 20.5. The smallest absolute Gasteiger partial charge is 0.341 e. The first-order valence-corrected chi connectivity index (χ1v) is 9.00. The molecule has 1 atom stereocenters. The van der Waals surface area contributed by atoms with Gasteiger partial charge in [-0.05, 0) is 54.3 Å². The molecular weight excluding hydrogens is 360 g/mol. The molecule has 0 fully saturated rings. The summed E-state index contributed by atoms with van der Waals surface area (Å²) in [4.78, 5) is 21.2. The Kier molecular flexibility index (Phi) is 7.63. The molecule has 0 spiro atoms. The monoisotopic (exact) mass is 384 g/mol. The van der Waals surface area contributed by atoms with Crippen molar-refractivity contribution in [1.29, 1.82) is 0 Å². The second-order valence-electron chi connectivity index (χ2n) is 6.16. The topological polar surface area (TPSA) is 93.1 Å². The zero-order valence-electron chi connectivity index (χ0n) is 15.9. The van der Waals surface area contributed by atoms with E-state index < -0.39 is 11.9 Å². The molecule has 0 bridgehead atoms. The van der Waals surface area contributed by atoms with Crippen LogP contribution >= 0.6 is 0 Å². The minimum atomic E-state index is -1.01.